The molecule has 0 spiro atoms. The summed E-state index contributed by atoms with van der Waals surface area (Å²) >= 11 is 5.54. The Kier molecular flexibility index (Phi) is 5.03. The molecule has 2 aromatic rings. The number of hydrogen-bond donors (Lipinski definition) is 1. The van der Waals surface area contributed by atoms with Crippen molar-refractivity contribution >= 4 is 27.3 Å². The molecule has 108 valence electrons. The molecule has 0 atom stereocenters. The van der Waals surface area contributed by atoms with Crippen molar-refractivity contribution < 1.29 is 12.8 Å². The minimum Gasteiger partial charge on any atom is -0.444 e. The van der Waals surface area contributed by atoms with Crippen molar-refractivity contribution in [2.75, 3.05) is 16.4 Å². The summed E-state index contributed by atoms with van der Waals surface area (Å²) in [5, 5.41) is 0. The molecule has 20 heavy (non-hydrogen) atoms. The number of oxazole rings is 1. The summed E-state index contributed by atoms with van der Waals surface area (Å²) in [6, 6.07) is 6.98. The minimum atomic E-state index is -3.35. The summed E-state index contributed by atoms with van der Waals surface area (Å²) in [5.41, 5.74) is 1.27. The zero-order chi connectivity index (χ0) is 14.4. The van der Waals surface area contributed by atoms with Gasteiger partial charge in [-0.25, -0.2) is 13.4 Å². The number of nitrogens with zero attached hydrogens (tertiary/aromatic N) is 1. The van der Waals surface area contributed by atoms with Gasteiger partial charge >= 0.3 is 0 Å². The molecule has 0 aliphatic carbocycles. The van der Waals surface area contributed by atoms with Gasteiger partial charge in [0.15, 0.2) is 12.2 Å². The lowest BCUT2D eigenvalue weighted by Crippen LogP contribution is -2.16. The summed E-state index contributed by atoms with van der Waals surface area (Å²) in [7, 11) is -3.35. The first-order valence-corrected chi connectivity index (χ1v) is 8.35. The zero-order valence-electron chi connectivity index (χ0n) is 10.8. The van der Waals surface area contributed by atoms with E-state index < -0.39 is 10.0 Å². The molecule has 2 rings (SSSR count). The smallest absolute Gasteiger partial charge is 0.232 e. The molecule has 0 aliphatic rings. The lowest BCUT2D eigenvalue weighted by Gasteiger charge is -2.08. The fourth-order valence-electron chi connectivity index (χ4n) is 1.71. The van der Waals surface area contributed by atoms with Gasteiger partial charge in [0.25, 0.3) is 0 Å². The van der Waals surface area contributed by atoms with Gasteiger partial charge in [0.2, 0.25) is 10.0 Å². The monoisotopic (exact) mass is 314 g/mol. The number of aromatic nitrogens is 1. The molecule has 5 nitrogen and oxygen atoms in total. The average Bonchev–Trinajstić information content (AvgIpc) is 2.92. The highest BCUT2D eigenvalue weighted by molar-refractivity contribution is 7.92. The van der Waals surface area contributed by atoms with E-state index in [4.69, 9.17) is 16.0 Å². The number of nitrogens with one attached hydrogen (secondary N) is 1. The maximum atomic E-state index is 11.9. The van der Waals surface area contributed by atoms with E-state index in [0.717, 1.165) is 5.56 Å². The van der Waals surface area contributed by atoms with Crippen molar-refractivity contribution in [3.05, 3.63) is 36.9 Å². The lowest BCUT2D eigenvalue weighted by molar-refractivity contribution is 0.572. The largest absolute Gasteiger partial charge is 0.444 e. The molecule has 1 aromatic carbocycles. The van der Waals surface area contributed by atoms with E-state index in [1.54, 1.807) is 24.4 Å². The number of unbranched alkanes of at least 4 members (excludes halogenated alkanes) is 1. The van der Waals surface area contributed by atoms with Crippen LogP contribution in [0.2, 0.25) is 0 Å². The van der Waals surface area contributed by atoms with Gasteiger partial charge in [0.1, 0.15) is 0 Å². The third-order valence-electron chi connectivity index (χ3n) is 2.65. The Balaban J connectivity index is 2.08. The summed E-state index contributed by atoms with van der Waals surface area (Å²) in [5.74, 6) is 1.12. The van der Waals surface area contributed by atoms with Crippen molar-refractivity contribution in [3.8, 4) is 11.3 Å². The van der Waals surface area contributed by atoms with Crippen LogP contribution < -0.4 is 4.72 Å². The molecule has 0 fully saturated rings. The third-order valence-corrected chi connectivity index (χ3v) is 4.29. The Bertz CT molecular complexity index is 641. The molecule has 0 radical (unpaired) electrons. The van der Waals surface area contributed by atoms with Gasteiger partial charge in [-0.3, -0.25) is 4.72 Å². The van der Waals surface area contributed by atoms with E-state index in [9.17, 15) is 8.42 Å². The number of rotatable bonds is 7. The van der Waals surface area contributed by atoms with E-state index >= 15 is 0 Å². The Morgan fingerprint density at radius 1 is 1.30 bits per heavy atom. The van der Waals surface area contributed by atoms with Crippen LogP contribution in [-0.4, -0.2) is 25.0 Å². The minimum absolute atomic E-state index is 0.0618. The van der Waals surface area contributed by atoms with Gasteiger partial charge in [-0.05, 0) is 25.0 Å². The number of benzene rings is 1. The third kappa shape index (κ3) is 4.25. The van der Waals surface area contributed by atoms with Crippen LogP contribution in [0, 0.1) is 0 Å². The van der Waals surface area contributed by atoms with Crippen molar-refractivity contribution in [1.29, 1.82) is 0 Å². The molecular formula is C13H15ClN2O3S. The van der Waals surface area contributed by atoms with E-state index in [2.05, 4.69) is 9.71 Å². The molecule has 1 heterocycles. The molecule has 0 aliphatic heterocycles. The first-order chi connectivity index (χ1) is 9.61. The molecule has 0 saturated heterocycles. The van der Waals surface area contributed by atoms with Gasteiger partial charge in [-0.15, -0.1) is 11.6 Å². The number of alkyl halides is 1. The van der Waals surface area contributed by atoms with Gasteiger partial charge in [0.05, 0.1) is 11.9 Å². The standard InChI is InChI=1S/C13H15ClN2O3S/c14-6-1-2-7-20(17,18)16-12-5-3-4-11(8-12)13-9-15-10-19-13/h3-5,8-10,16H,1-2,6-7H2. The molecule has 1 N–H and O–H groups in total. The zero-order valence-corrected chi connectivity index (χ0v) is 12.3. The van der Waals surface area contributed by atoms with Crippen LogP contribution in [0.15, 0.2) is 41.3 Å². The fraction of sp³-hybridized carbons (Fsp3) is 0.308. The predicted molar refractivity (Wildman–Crippen MR) is 79.3 cm³/mol. The van der Waals surface area contributed by atoms with Crippen LogP contribution in [0.25, 0.3) is 11.3 Å². The SMILES string of the molecule is O=S(=O)(CCCCCl)Nc1cccc(-c2cnco2)c1. The van der Waals surface area contributed by atoms with E-state index in [-0.39, 0.29) is 5.75 Å². The first-order valence-electron chi connectivity index (χ1n) is 6.16. The second-order valence-electron chi connectivity index (χ2n) is 4.26. The van der Waals surface area contributed by atoms with Gasteiger partial charge in [0, 0.05) is 17.1 Å². The average molecular weight is 315 g/mol. The number of hydrogen-bond acceptors (Lipinski definition) is 4. The maximum Gasteiger partial charge on any atom is 0.232 e. The highest BCUT2D eigenvalue weighted by Gasteiger charge is 2.11. The highest BCUT2D eigenvalue weighted by Crippen LogP contribution is 2.22. The Hall–Kier alpha value is -1.53. The van der Waals surface area contributed by atoms with Crippen molar-refractivity contribution in [3.63, 3.8) is 0 Å². The van der Waals surface area contributed by atoms with Gasteiger partial charge in [-0.1, -0.05) is 12.1 Å². The number of halogens is 1. The summed E-state index contributed by atoms with van der Waals surface area (Å²) < 4.78 is 31.5. The normalized spacial score (nSPS) is 11.4. The van der Waals surface area contributed by atoms with Crippen LogP contribution >= 0.6 is 11.6 Å². The van der Waals surface area contributed by atoms with E-state index in [0.29, 0.717) is 30.2 Å². The van der Waals surface area contributed by atoms with E-state index in [1.165, 1.54) is 6.39 Å². The van der Waals surface area contributed by atoms with Crippen LogP contribution in [-0.2, 0) is 10.0 Å². The summed E-state index contributed by atoms with van der Waals surface area (Å²) in [6.45, 7) is 0. The second-order valence-corrected chi connectivity index (χ2v) is 6.48. The molecule has 7 heteroatoms. The molecule has 0 unspecified atom stereocenters. The fourth-order valence-corrected chi connectivity index (χ4v) is 3.07. The van der Waals surface area contributed by atoms with Crippen LogP contribution in [0.3, 0.4) is 0 Å². The van der Waals surface area contributed by atoms with Crippen molar-refractivity contribution in [1.82, 2.24) is 4.98 Å². The quantitative estimate of drug-likeness (QED) is 0.629. The highest BCUT2D eigenvalue weighted by atomic mass is 35.5. The van der Waals surface area contributed by atoms with Gasteiger partial charge in [-0.2, -0.15) is 0 Å². The predicted octanol–water partition coefficient (Wildman–Crippen LogP) is 3.10. The Morgan fingerprint density at radius 3 is 2.85 bits per heavy atom. The molecule has 0 saturated carbocycles. The number of anilines is 1. The topological polar surface area (TPSA) is 72.2 Å². The maximum absolute atomic E-state index is 11.9. The molecular weight excluding hydrogens is 300 g/mol. The summed E-state index contributed by atoms with van der Waals surface area (Å²) in [4.78, 5) is 3.83. The van der Waals surface area contributed by atoms with Crippen molar-refractivity contribution in [2.24, 2.45) is 0 Å². The summed E-state index contributed by atoms with van der Waals surface area (Å²) in [6.07, 6.45) is 4.13. The molecule has 0 amide bonds. The van der Waals surface area contributed by atoms with Gasteiger partial charge < -0.3 is 4.42 Å². The number of sulfonamides is 1. The molecule has 0 bridgehead atoms. The molecule has 1 aromatic heterocycles. The van der Waals surface area contributed by atoms with E-state index in [1.807, 2.05) is 6.07 Å². The first kappa shape index (κ1) is 14.9. The van der Waals surface area contributed by atoms with Crippen LogP contribution in [0.4, 0.5) is 5.69 Å². The lowest BCUT2D eigenvalue weighted by atomic mass is 10.2. The van der Waals surface area contributed by atoms with Crippen LogP contribution in [0.1, 0.15) is 12.8 Å². The van der Waals surface area contributed by atoms with Crippen molar-refractivity contribution in [2.45, 2.75) is 12.8 Å². The Morgan fingerprint density at radius 2 is 2.15 bits per heavy atom. The van der Waals surface area contributed by atoms with Crippen LogP contribution in [0.5, 0.6) is 0 Å². The second kappa shape index (κ2) is 6.76. The Labute approximate surface area is 123 Å².